The van der Waals surface area contributed by atoms with E-state index < -0.39 is 17.3 Å². The van der Waals surface area contributed by atoms with Crippen LogP contribution in [-0.2, 0) is 26.2 Å². The van der Waals surface area contributed by atoms with Crippen LogP contribution in [0.1, 0.15) is 34.2 Å². The Balaban J connectivity index is 1.48. The van der Waals surface area contributed by atoms with Crippen LogP contribution in [0.4, 0.5) is 24.8 Å². The first-order chi connectivity index (χ1) is 17.6. The summed E-state index contributed by atoms with van der Waals surface area (Å²) in [5.74, 6) is -0.0944. The molecule has 0 N–H and O–H groups in total. The van der Waals surface area contributed by atoms with Gasteiger partial charge in [0.1, 0.15) is 12.8 Å². The Kier molecular flexibility index (Phi) is 5.97. The van der Waals surface area contributed by atoms with Gasteiger partial charge < -0.3 is 23.6 Å². The quantitative estimate of drug-likeness (QED) is 0.403. The highest BCUT2D eigenvalue weighted by Crippen LogP contribution is 2.32. The summed E-state index contributed by atoms with van der Waals surface area (Å²) in [5, 5.41) is 0. The second-order valence-electron chi connectivity index (χ2n) is 8.64. The van der Waals surface area contributed by atoms with Crippen molar-refractivity contribution in [2.45, 2.75) is 26.1 Å². The van der Waals surface area contributed by atoms with Crippen molar-refractivity contribution in [3.8, 4) is 0 Å². The lowest BCUT2D eigenvalue weighted by atomic mass is 10.1. The van der Waals surface area contributed by atoms with Gasteiger partial charge in [-0.3, -0.25) is 9.59 Å². The number of benzene rings is 1. The lowest BCUT2D eigenvalue weighted by Gasteiger charge is -2.30. The molecule has 12 heteroatoms. The summed E-state index contributed by atoms with van der Waals surface area (Å²) in [6.45, 7) is 2.50. The molecule has 5 rings (SSSR count). The fourth-order valence-corrected chi connectivity index (χ4v) is 4.64. The van der Waals surface area contributed by atoms with Gasteiger partial charge in [-0.15, -0.1) is 4.73 Å². The van der Waals surface area contributed by atoms with Gasteiger partial charge in [-0.1, -0.05) is 0 Å². The van der Waals surface area contributed by atoms with Crippen molar-refractivity contribution in [1.29, 1.82) is 0 Å². The Morgan fingerprint density at radius 2 is 1.95 bits per heavy atom. The highest BCUT2D eigenvalue weighted by atomic mass is 19.4. The van der Waals surface area contributed by atoms with E-state index in [-0.39, 0.29) is 18.4 Å². The van der Waals surface area contributed by atoms with Crippen LogP contribution in [0.3, 0.4) is 0 Å². The molecule has 0 saturated heterocycles. The van der Waals surface area contributed by atoms with Crippen molar-refractivity contribution in [3.05, 3.63) is 75.5 Å². The highest BCUT2D eigenvalue weighted by molar-refractivity contribution is 5.97. The second-order valence-corrected chi connectivity index (χ2v) is 8.64. The molecule has 3 aromatic heterocycles. The minimum atomic E-state index is -4.46. The third-order valence-electron chi connectivity index (χ3n) is 6.59. The van der Waals surface area contributed by atoms with Gasteiger partial charge in [0, 0.05) is 44.4 Å². The summed E-state index contributed by atoms with van der Waals surface area (Å²) in [7, 11) is 3.08. The van der Waals surface area contributed by atoms with Gasteiger partial charge >= 0.3 is 6.18 Å². The first kappa shape index (κ1) is 24.5. The number of hydrogen-bond acceptors (Lipinski definition) is 6. The number of fused-ring (bicyclic) bond motifs is 2. The maximum absolute atomic E-state index is 13.4. The van der Waals surface area contributed by atoms with Crippen LogP contribution >= 0.6 is 0 Å². The van der Waals surface area contributed by atoms with E-state index in [9.17, 15) is 22.8 Å². The third kappa shape index (κ3) is 4.11. The van der Waals surface area contributed by atoms with Gasteiger partial charge in [-0.25, -0.2) is 4.98 Å². The number of carbonyl (C=O) groups is 1. The van der Waals surface area contributed by atoms with Gasteiger partial charge in [0.2, 0.25) is 5.95 Å². The largest absolute Gasteiger partial charge is 0.463 e. The predicted molar refractivity (Wildman–Crippen MR) is 129 cm³/mol. The van der Waals surface area contributed by atoms with E-state index in [0.717, 1.165) is 22.4 Å². The van der Waals surface area contributed by atoms with Crippen molar-refractivity contribution in [2.24, 2.45) is 7.05 Å². The number of carbonyl (C=O) groups excluding carboxylic acids is 1. The van der Waals surface area contributed by atoms with Gasteiger partial charge in [0.15, 0.2) is 5.58 Å². The second kappa shape index (κ2) is 9.02. The van der Waals surface area contributed by atoms with Gasteiger partial charge in [-0.2, -0.15) is 13.2 Å². The van der Waals surface area contributed by atoms with Crippen LogP contribution in [-0.4, -0.2) is 45.3 Å². The van der Waals surface area contributed by atoms with E-state index in [1.54, 1.807) is 46.7 Å². The summed E-state index contributed by atoms with van der Waals surface area (Å²) < 4.78 is 47.2. The number of furan rings is 1. The van der Waals surface area contributed by atoms with Crippen molar-refractivity contribution in [2.75, 3.05) is 25.1 Å². The molecule has 0 unspecified atom stereocenters. The SMILES string of the molecule is CCN(c1ccc(C(F)(F)F)cc1)c1nc2c(c(=O)n1OC)CN(C(=O)c1cc3occc3n1C)CC2. The molecule has 0 radical (unpaired) electrons. The normalized spacial score (nSPS) is 13.6. The maximum atomic E-state index is 13.4. The number of aryl methyl sites for hydroxylation is 1. The maximum Gasteiger partial charge on any atom is 0.416 e. The molecule has 1 aliphatic rings. The van der Waals surface area contributed by atoms with Crippen molar-refractivity contribution >= 4 is 28.6 Å². The Hall–Kier alpha value is -4.22. The van der Waals surface area contributed by atoms with Crippen molar-refractivity contribution < 1.29 is 27.2 Å². The molecular formula is C25H24F3N5O4. The van der Waals surface area contributed by atoms with Gasteiger partial charge in [0.05, 0.1) is 35.1 Å². The number of nitrogens with zero attached hydrogens (tertiary/aromatic N) is 5. The topological polar surface area (TPSA) is 85.7 Å². The van der Waals surface area contributed by atoms with Crippen LogP contribution in [0.15, 0.2) is 51.9 Å². The molecule has 0 aliphatic carbocycles. The number of alkyl halides is 3. The summed E-state index contributed by atoms with van der Waals surface area (Å²) in [5.41, 5.74) is 1.84. The first-order valence-electron chi connectivity index (χ1n) is 11.6. The molecule has 0 bridgehead atoms. The number of anilines is 2. The fraction of sp³-hybridized carbons (Fsp3) is 0.320. The molecule has 37 heavy (non-hydrogen) atoms. The van der Waals surface area contributed by atoms with Gasteiger partial charge in [0.25, 0.3) is 11.5 Å². The molecule has 1 amide bonds. The molecule has 0 spiro atoms. The van der Waals surface area contributed by atoms with E-state index in [1.807, 2.05) is 0 Å². The number of aromatic nitrogens is 3. The van der Waals surface area contributed by atoms with E-state index in [2.05, 4.69) is 4.98 Å². The minimum Gasteiger partial charge on any atom is -0.463 e. The molecule has 4 heterocycles. The lowest BCUT2D eigenvalue weighted by molar-refractivity contribution is -0.137. The number of amides is 1. The molecule has 194 valence electrons. The number of rotatable bonds is 5. The molecule has 1 aromatic carbocycles. The average Bonchev–Trinajstić information content (AvgIpc) is 3.47. The molecule has 0 fully saturated rings. The first-order valence-corrected chi connectivity index (χ1v) is 11.6. The third-order valence-corrected chi connectivity index (χ3v) is 6.59. The molecule has 4 aromatic rings. The van der Waals surface area contributed by atoms with Crippen LogP contribution in [0.5, 0.6) is 0 Å². The van der Waals surface area contributed by atoms with Crippen LogP contribution in [0, 0.1) is 0 Å². The van der Waals surface area contributed by atoms with E-state index in [1.165, 1.54) is 19.2 Å². The Morgan fingerprint density at radius 3 is 2.57 bits per heavy atom. The van der Waals surface area contributed by atoms with Crippen molar-refractivity contribution in [1.82, 2.24) is 19.2 Å². The highest BCUT2D eigenvalue weighted by Gasteiger charge is 2.32. The Morgan fingerprint density at radius 1 is 1.22 bits per heavy atom. The molecule has 0 saturated carbocycles. The Bertz CT molecular complexity index is 1530. The van der Waals surface area contributed by atoms with Crippen LogP contribution in [0.2, 0.25) is 0 Å². The zero-order valence-electron chi connectivity index (χ0n) is 20.4. The Labute approximate surface area is 209 Å². The zero-order chi connectivity index (χ0) is 26.5. The van der Waals surface area contributed by atoms with E-state index in [0.29, 0.717) is 47.7 Å². The summed E-state index contributed by atoms with van der Waals surface area (Å²) in [6.07, 6.45) is -2.57. The monoisotopic (exact) mass is 515 g/mol. The van der Waals surface area contributed by atoms with E-state index in [4.69, 9.17) is 9.25 Å². The standard InChI is InChI=1S/C25H24F3N5O4/c1-4-32(16-7-5-15(6-8-16)25(26,27)28)24-29-18-9-11-31(14-17(18)22(34)33(24)36-3)23(35)20-13-21-19(30(20)2)10-12-37-21/h5-8,10,12-13H,4,9,11,14H2,1-3H3. The molecule has 9 nitrogen and oxygen atoms in total. The average molecular weight is 515 g/mol. The minimum absolute atomic E-state index is 0.0442. The molecular weight excluding hydrogens is 491 g/mol. The smallest absolute Gasteiger partial charge is 0.416 e. The predicted octanol–water partition coefficient (Wildman–Crippen LogP) is 3.76. The van der Waals surface area contributed by atoms with Crippen LogP contribution in [0.25, 0.3) is 11.1 Å². The van der Waals surface area contributed by atoms with Crippen molar-refractivity contribution in [3.63, 3.8) is 0 Å². The molecule has 0 atom stereocenters. The molecule has 1 aliphatic heterocycles. The van der Waals surface area contributed by atoms with Gasteiger partial charge in [-0.05, 0) is 31.2 Å². The number of halogens is 3. The number of hydrogen-bond donors (Lipinski definition) is 0. The van der Waals surface area contributed by atoms with Crippen LogP contribution < -0.4 is 15.3 Å². The lowest BCUT2D eigenvalue weighted by Crippen LogP contribution is -2.43. The fourth-order valence-electron chi connectivity index (χ4n) is 4.64. The summed E-state index contributed by atoms with van der Waals surface area (Å²) in [6, 6.07) is 8.06. The zero-order valence-corrected chi connectivity index (χ0v) is 20.4. The summed E-state index contributed by atoms with van der Waals surface area (Å²) in [4.78, 5) is 39.9. The summed E-state index contributed by atoms with van der Waals surface area (Å²) >= 11 is 0. The van der Waals surface area contributed by atoms with E-state index >= 15 is 0 Å².